The first-order valence-electron chi connectivity index (χ1n) is 4.32. The maximum Gasteiger partial charge on any atom is 0.584 e. The predicted molar refractivity (Wildman–Crippen MR) is 52.5 cm³/mol. The van der Waals surface area contributed by atoms with E-state index in [1.165, 1.54) is 14.2 Å². The Hall–Kier alpha value is 0.580. The van der Waals surface area contributed by atoms with Gasteiger partial charge in [-0.2, -0.15) is 9.05 Å². The first kappa shape index (κ1) is 12.0. The molecule has 0 bridgehead atoms. The van der Waals surface area contributed by atoms with E-state index in [1.807, 2.05) is 0 Å². The minimum absolute atomic E-state index is 0.189. The lowest BCUT2D eigenvalue weighted by atomic mass is 10.9. The molecule has 9 heteroatoms. The van der Waals surface area contributed by atoms with Crippen LogP contribution in [0.25, 0.3) is 0 Å². The molecule has 0 aromatic heterocycles. The van der Waals surface area contributed by atoms with Crippen LogP contribution >= 0.6 is 16.1 Å². The molecule has 0 aromatic carbocycles. The zero-order chi connectivity index (χ0) is 10.9. The number of hydrogen-bond donors (Lipinski definition) is 0. The summed E-state index contributed by atoms with van der Waals surface area (Å²) in [5, 5.41) is 0. The Morgan fingerprint density at radius 3 is 1.87 bits per heavy atom. The highest BCUT2D eigenvalue weighted by atomic mass is 31.2. The number of rotatable bonds is 5. The van der Waals surface area contributed by atoms with Crippen molar-refractivity contribution in [3.05, 3.63) is 0 Å². The van der Waals surface area contributed by atoms with Gasteiger partial charge in [0.15, 0.2) is 0 Å². The minimum Gasteiger partial charge on any atom is -0.179 e. The van der Waals surface area contributed by atoms with Crippen LogP contribution in [0.2, 0.25) is 0 Å². The van der Waals surface area contributed by atoms with E-state index in [2.05, 4.69) is 0 Å². The first-order valence-corrected chi connectivity index (χ1v) is 7.39. The van der Waals surface area contributed by atoms with E-state index < -0.39 is 22.0 Å². The quantitative estimate of drug-likeness (QED) is 0.701. The standard InChI is InChI=1S/C6H14O7P2/c1-6(14(7-2)9-4-10-14)13-15(8-3)11-5-12-15/h6H,4-5H2,1-3H3/q+2. The molecular weight excluding hydrogens is 246 g/mol. The monoisotopic (exact) mass is 260 g/mol. The second kappa shape index (κ2) is 4.45. The summed E-state index contributed by atoms with van der Waals surface area (Å²) in [5.41, 5.74) is 0. The second-order valence-corrected chi connectivity index (χ2v) is 7.48. The molecule has 7 nitrogen and oxygen atoms in total. The van der Waals surface area contributed by atoms with Crippen LogP contribution < -0.4 is 0 Å². The summed E-state index contributed by atoms with van der Waals surface area (Å²) in [6.45, 7) is 2.20. The summed E-state index contributed by atoms with van der Waals surface area (Å²) in [4.78, 5) is 0. The lowest BCUT2D eigenvalue weighted by Crippen LogP contribution is -2.31. The van der Waals surface area contributed by atoms with Gasteiger partial charge >= 0.3 is 16.1 Å². The maximum atomic E-state index is 5.54. The van der Waals surface area contributed by atoms with Gasteiger partial charge in [0.2, 0.25) is 13.6 Å². The highest BCUT2D eigenvalue weighted by Crippen LogP contribution is 2.78. The van der Waals surface area contributed by atoms with Crippen LogP contribution in [-0.2, 0) is 31.7 Å². The summed E-state index contributed by atoms with van der Waals surface area (Å²) < 4.78 is 36.6. The molecular formula is C6H14O7P2+2. The van der Waals surface area contributed by atoms with E-state index in [4.69, 9.17) is 31.7 Å². The van der Waals surface area contributed by atoms with Gasteiger partial charge in [0, 0.05) is 6.92 Å². The van der Waals surface area contributed by atoms with Crippen molar-refractivity contribution >= 4 is 16.1 Å². The van der Waals surface area contributed by atoms with Gasteiger partial charge in [0.05, 0.1) is 14.2 Å². The van der Waals surface area contributed by atoms with Crippen molar-refractivity contribution in [1.29, 1.82) is 0 Å². The SMILES string of the molecule is CO[P+]1(OC(C)[P+]2(OC)OCO2)OCO1. The summed E-state index contributed by atoms with van der Waals surface area (Å²) in [6, 6.07) is 0. The predicted octanol–water partition coefficient (Wildman–Crippen LogP) is 2.09. The van der Waals surface area contributed by atoms with Crippen molar-refractivity contribution in [2.45, 2.75) is 12.8 Å². The van der Waals surface area contributed by atoms with Crippen molar-refractivity contribution in [3.63, 3.8) is 0 Å². The van der Waals surface area contributed by atoms with Crippen LogP contribution in [0.3, 0.4) is 0 Å². The normalized spacial score (nSPS) is 29.0. The summed E-state index contributed by atoms with van der Waals surface area (Å²) >= 11 is 0. The van der Waals surface area contributed by atoms with E-state index in [0.29, 0.717) is 0 Å². The molecule has 0 saturated carbocycles. The fourth-order valence-electron chi connectivity index (χ4n) is 1.21. The molecule has 2 aliphatic rings. The Kier molecular flexibility index (Phi) is 3.57. The molecule has 0 amide bonds. The average molecular weight is 260 g/mol. The highest BCUT2D eigenvalue weighted by molar-refractivity contribution is 7.64. The molecule has 2 fully saturated rings. The highest BCUT2D eigenvalue weighted by Gasteiger charge is 2.68. The number of hydrogen-bond acceptors (Lipinski definition) is 7. The lowest BCUT2D eigenvalue weighted by molar-refractivity contribution is -0.0920. The third-order valence-corrected chi connectivity index (χ3v) is 6.56. The van der Waals surface area contributed by atoms with E-state index in [-0.39, 0.29) is 13.6 Å². The third-order valence-electron chi connectivity index (χ3n) is 2.09. The van der Waals surface area contributed by atoms with Crippen LogP contribution in [0.1, 0.15) is 6.92 Å². The van der Waals surface area contributed by atoms with E-state index in [0.717, 1.165) is 0 Å². The Labute approximate surface area is 89.1 Å². The Morgan fingerprint density at radius 1 is 1.00 bits per heavy atom. The van der Waals surface area contributed by atoms with Gasteiger partial charge in [0.1, 0.15) is 0 Å². The lowest BCUT2D eigenvalue weighted by Gasteiger charge is -2.32. The smallest absolute Gasteiger partial charge is 0.179 e. The van der Waals surface area contributed by atoms with Gasteiger partial charge in [-0.3, -0.25) is 0 Å². The topological polar surface area (TPSA) is 64.6 Å². The molecule has 0 spiro atoms. The van der Waals surface area contributed by atoms with Crippen LogP contribution in [0.5, 0.6) is 0 Å². The molecule has 2 rings (SSSR count). The molecule has 0 aliphatic carbocycles. The zero-order valence-electron chi connectivity index (χ0n) is 8.74. The van der Waals surface area contributed by atoms with Crippen molar-refractivity contribution in [2.24, 2.45) is 0 Å². The minimum atomic E-state index is -2.61. The molecule has 15 heavy (non-hydrogen) atoms. The molecule has 1 atom stereocenters. The molecule has 0 radical (unpaired) electrons. The van der Waals surface area contributed by atoms with E-state index >= 15 is 0 Å². The molecule has 1 unspecified atom stereocenters. The van der Waals surface area contributed by atoms with Crippen LogP contribution in [0.15, 0.2) is 0 Å². The Bertz CT molecular complexity index is 219. The summed E-state index contributed by atoms with van der Waals surface area (Å²) in [7, 11) is -1.98. The molecule has 2 saturated heterocycles. The van der Waals surface area contributed by atoms with Crippen LogP contribution in [0.4, 0.5) is 0 Å². The molecule has 0 N–H and O–H groups in total. The van der Waals surface area contributed by atoms with Crippen LogP contribution in [-0.4, -0.2) is 33.7 Å². The van der Waals surface area contributed by atoms with Gasteiger partial charge < -0.3 is 0 Å². The molecule has 88 valence electrons. The first-order chi connectivity index (χ1) is 7.16. The average Bonchev–Trinajstić information content (AvgIpc) is 2.10. The third kappa shape index (κ3) is 2.05. The Morgan fingerprint density at radius 2 is 1.60 bits per heavy atom. The molecule has 0 aromatic rings. The molecule has 2 aliphatic heterocycles. The van der Waals surface area contributed by atoms with Crippen molar-refractivity contribution in [1.82, 2.24) is 0 Å². The van der Waals surface area contributed by atoms with Gasteiger partial charge in [-0.05, 0) is 0 Å². The van der Waals surface area contributed by atoms with Crippen molar-refractivity contribution < 1.29 is 31.7 Å². The fraction of sp³-hybridized carbons (Fsp3) is 1.00. The van der Waals surface area contributed by atoms with E-state index in [9.17, 15) is 0 Å². The zero-order valence-corrected chi connectivity index (χ0v) is 10.5. The van der Waals surface area contributed by atoms with Gasteiger partial charge in [-0.15, -0.1) is 18.1 Å². The van der Waals surface area contributed by atoms with Crippen molar-refractivity contribution in [3.8, 4) is 0 Å². The van der Waals surface area contributed by atoms with Crippen molar-refractivity contribution in [2.75, 3.05) is 27.8 Å². The van der Waals surface area contributed by atoms with Gasteiger partial charge in [-0.25, -0.2) is 0 Å². The van der Waals surface area contributed by atoms with E-state index in [1.54, 1.807) is 6.92 Å². The largest absolute Gasteiger partial charge is 0.584 e. The Balaban J connectivity index is 1.93. The summed E-state index contributed by atoms with van der Waals surface area (Å²) in [5.74, 6) is -0.398. The second-order valence-electron chi connectivity index (χ2n) is 2.81. The fourth-order valence-corrected chi connectivity index (χ4v) is 4.33. The van der Waals surface area contributed by atoms with Gasteiger partial charge in [0.25, 0.3) is 5.85 Å². The van der Waals surface area contributed by atoms with Crippen LogP contribution in [0, 0.1) is 0 Å². The van der Waals surface area contributed by atoms with Gasteiger partial charge in [-0.1, -0.05) is 4.52 Å². The molecule has 2 heterocycles. The summed E-state index contributed by atoms with van der Waals surface area (Å²) in [6.07, 6.45) is 0. The maximum absolute atomic E-state index is 5.54.